The van der Waals surface area contributed by atoms with Crippen LogP contribution in [0.1, 0.15) is 35.5 Å². The van der Waals surface area contributed by atoms with E-state index in [1.165, 1.54) is 11.7 Å². The lowest BCUT2D eigenvalue weighted by atomic mass is 10.0. The molecule has 4 rings (SSSR count). The van der Waals surface area contributed by atoms with E-state index in [0.29, 0.717) is 5.56 Å². The zero-order valence-corrected chi connectivity index (χ0v) is 19.9. The van der Waals surface area contributed by atoms with E-state index in [1.54, 1.807) is 35.0 Å². The lowest BCUT2D eigenvalue weighted by Crippen LogP contribution is -2.32. The number of alkyl halides is 3. The molecule has 0 aliphatic rings. The summed E-state index contributed by atoms with van der Waals surface area (Å²) in [4.78, 5) is 16.7. The average molecular weight is 486 g/mol. The summed E-state index contributed by atoms with van der Waals surface area (Å²) in [5, 5.41) is 11.3. The van der Waals surface area contributed by atoms with Crippen LogP contribution in [0.2, 0.25) is 0 Å². The predicted molar refractivity (Wildman–Crippen MR) is 124 cm³/mol. The lowest BCUT2D eigenvalue weighted by molar-refractivity contribution is -0.136. The molecule has 0 saturated heterocycles. The fourth-order valence-corrected chi connectivity index (χ4v) is 4.23. The SMILES string of the molecule is Cc1nn(C)c(C)c1C(C)NC(=O)COc1cc(C(F)(F)F)c2c(-c3ccccc3)nn(C)c2n1. The van der Waals surface area contributed by atoms with Gasteiger partial charge in [-0.3, -0.25) is 9.48 Å². The molecular weight excluding hydrogens is 461 g/mol. The lowest BCUT2D eigenvalue weighted by Gasteiger charge is -2.16. The van der Waals surface area contributed by atoms with Crippen molar-refractivity contribution in [2.75, 3.05) is 6.61 Å². The van der Waals surface area contributed by atoms with Gasteiger partial charge in [0.2, 0.25) is 5.88 Å². The molecule has 4 aromatic rings. The Labute approximate surface area is 199 Å². The third-order valence-corrected chi connectivity index (χ3v) is 5.85. The maximum Gasteiger partial charge on any atom is 0.417 e. The van der Waals surface area contributed by atoms with Crippen molar-refractivity contribution >= 4 is 16.9 Å². The van der Waals surface area contributed by atoms with Gasteiger partial charge in [-0.05, 0) is 20.8 Å². The Morgan fingerprint density at radius 3 is 2.40 bits per heavy atom. The number of pyridine rings is 1. The van der Waals surface area contributed by atoms with Crippen LogP contribution < -0.4 is 10.1 Å². The molecule has 35 heavy (non-hydrogen) atoms. The number of nitrogens with one attached hydrogen (secondary N) is 1. The molecule has 0 aliphatic heterocycles. The van der Waals surface area contributed by atoms with Crippen molar-refractivity contribution in [1.29, 1.82) is 0 Å². The number of hydrogen-bond donors (Lipinski definition) is 1. The maximum atomic E-state index is 14.0. The Morgan fingerprint density at radius 1 is 1.11 bits per heavy atom. The quantitative estimate of drug-likeness (QED) is 0.440. The summed E-state index contributed by atoms with van der Waals surface area (Å²) < 4.78 is 50.5. The van der Waals surface area contributed by atoms with Crippen LogP contribution in [0.25, 0.3) is 22.3 Å². The van der Waals surface area contributed by atoms with Crippen LogP contribution in [-0.2, 0) is 25.1 Å². The minimum atomic E-state index is -4.68. The second kappa shape index (κ2) is 9.05. The van der Waals surface area contributed by atoms with Crippen molar-refractivity contribution in [1.82, 2.24) is 29.9 Å². The summed E-state index contributed by atoms with van der Waals surface area (Å²) in [5.41, 5.74) is 2.35. The second-order valence-electron chi connectivity index (χ2n) is 8.33. The van der Waals surface area contributed by atoms with E-state index in [0.717, 1.165) is 23.0 Å². The number of aryl methyl sites for hydroxylation is 3. The molecular formula is C24H25F3N6O2. The highest BCUT2D eigenvalue weighted by atomic mass is 19.4. The molecule has 1 N–H and O–H groups in total. The highest BCUT2D eigenvalue weighted by Gasteiger charge is 2.36. The molecule has 1 unspecified atom stereocenters. The van der Waals surface area contributed by atoms with E-state index in [1.807, 2.05) is 27.8 Å². The first kappa shape index (κ1) is 24.2. The van der Waals surface area contributed by atoms with Gasteiger partial charge in [-0.15, -0.1) is 0 Å². The molecule has 0 fully saturated rings. The standard InChI is InChI=1S/C24H25F3N6O2/c1-13(20-14(2)30-32(4)15(20)3)28-18(34)12-35-19-11-17(24(25,26)27)21-22(16-9-7-6-8-10-16)31-33(5)23(21)29-19/h6-11,13H,12H2,1-5H3,(H,28,34). The molecule has 3 aromatic heterocycles. The van der Waals surface area contributed by atoms with Gasteiger partial charge in [-0.2, -0.15) is 28.4 Å². The summed E-state index contributed by atoms with van der Waals surface area (Å²) >= 11 is 0. The van der Waals surface area contributed by atoms with Crippen molar-refractivity contribution in [3.8, 4) is 17.1 Å². The van der Waals surface area contributed by atoms with E-state index < -0.39 is 24.3 Å². The van der Waals surface area contributed by atoms with Crippen LogP contribution in [0.15, 0.2) is 36.4 Å². The molecule has 1 aromatic carbocycles. The molecule has 1 amide bonds. The summed E-state index contributed by atoms with van der Waals surface area (Å²) in [5.74, 6) is -0.811. The molecule has 8 nitrogen and oxygen atoms in total. The number of halogens is 3. The van der Waals surface area contributed by atoms with Gasteiger partial charge in [0.25, 0.3) is 5.91 Å². The van der Waals surface area contributed by atoms with Crippen LogP contribution in [-0.4, -0.2) is 37.1 Å². The van der Waals surface area contributed by atoms with Gasteiger partial charge in [0.05, 0.1) is 22.7 Å². The molecule has 0 radical (unpaired) electrons. The maximum absolute atomic E-state index is 14.0. The number of benzene rings is 1. The number of fused-ring (bicyclic) bond motifs is 1. The average Bonchev–Trinajstić information content (AvgIpc) is 3.26. The summed E-state index contributed by atoms with van der Waals surface area (Å²) in [6.07, 6.45) is -4.68. The monoisotopic (exact) mass is 486 g/mol. The number of hydrogen-bond acceptors (Lipinski definition) is 5. The highest BCUT2D eigenvalue weighted by Crippen LogP contribution is 2.40. The number of carbonyl (C=O) groups is 1. The van der Waals surface area contributed by atoms with Crippen molar-refractivity contribution in [3.63, 3.8) is 0 Å². The summed E-state index contributed by atoms with van der Waals surface area (Å²) in [6, 6.07) is 9.04. The first-order chi connectivity index (χ1) is 16.5. The van der Waals surface area contributed by atoms with Crippen molar-refractivity contribution in [2.45, 2.75) is 33.0 Å². The molecule has 11 heteroatoms. The van der Waals surface area contributed by atoms with Crippen molar-refractivity contribution < 1.29 is 22.7 Å². The molecule has 3 heterocycles. The molecule has 0 bridgehead atoms. The smallest absolute Gasteiger partial charge is 0.417 e. The van der Waals surface area contributed by atoms with E-state index in [9.17, 15) is 18.0 Å². The Hall–Kier alpha value is -3.89. The van der Waals surface area contributed by atoms with E-state index in [2.05, 4.69) is 20.5 Å². The van der Waals surface area contributed by atoms with E-state index in [-0.39, 0.29) is 28.6 Å². The first-order valence-electron chi connectivity index (χ1n) is 10.9. The molecule has 0 saturated carbocycles. The van der Waals surface area contributed by atoms with Gasteiger partial charge in [-0.25, -0.2) is 4.68 Å². The zero-order valence-electron chi connectivity index (χ0n) is 19.9. The number of rotatable bonds is 6. The normalized spacial score (nSPS) is 12.7. The zero-order chi connectivity index (χ0) is 25.5. The summed E-state index contributed by atoms with van der Waals surface area (Å²) in [7, 11) is 3.32. The van der Waals surface area contributed by atoms with Gasteiger partial charge in [0.15, 0.2) is 12.3 Å². The van der Waals surface area contributed by atoms with Crippen LogP contribution in [0, 0.1) is 13.8 Å². The molecule has 0 aliphatic carbocycles. The third-order valence-electron chi connectivity index (χ3n) is 5.85. The number of nitrogens with zero attached hydrogens (tertiary/aromatic N) is 5. The Balaban J connectivity index is 1.60. The van der Waals surface area contributed by atoms with E-state index >= 15 is 0 Å². The van der Waals surface area contributed by atoms with Gasteiger partial charge in [-0.1, -0.05) is 30.3 Å². The number of aromatic nitrogens is 5. The Kier molecular flexibility index (Phi) is 6.27. The topological polar surface area (TPSA) is 86.9 Å². The number of carbonyl (C=O) groups excluding carboxylic acids is 1. The minimum Gasteiger partial charge on any atom is -0.467 e. The van der Waals surface area contributed by atoms with Crippen LogP contribution in [0.5, 0.6) is 5.88 Å². The Morgan fingerprint density at radius 2 is 1.80 bits per heavy atom. The van der Waals surface area contributed by atoms with Crippen LogP contribution >= 0.6 is 0 Å². The fraction of sp³-hybridized carbons (Fsp3) is 0.333. The summed E-state index contributed by atoms with van der Waals surface area (Å²) in [6.45, 7) is 5.05. The third kappa shape index (κ3) is 4.71. The second-order valence-corrected chi connectivity index (χ2v) is 8.33. The van der Waals surface area contributed by atoms with Crippen molar-refractivity contribution in [2.24, 2.45) is 14.1 Å². The Bertz CT molecular complexity index is 1390. The number of amides is 1. The van der Waals surface area contributed by atoms with E-state index in [4.69, 9.17) is 4.74 Å². The number of ether oxygens (including phenoxy) is 1. The molecule has 1 atom stereocenters. The highest BCUT2D eigenvalue weighted by molar-refractivity contribution is 5.94. The fourth-order valence-electron chi connectivity index (χ4n) is 4.23. The van der Waals surface area contributed by atoms with Gasteiger partial charge in [0.1, 0.15) is 5.69 Å². The first-order valence-corrected chi connectivity index (χ1v) is 10.9. The minimum absolute atomic E-state index is 0.00376. The molecule has 0 spiro atoms. The van der Waals surface area contributed by atoms with Gasteiger partial charge >= 0.3 is 6.18 Å². The largest absolute Gasteiger partial charge is 0.467 e. The van der Waals surface area contributed by atoms with Gasteiger partial charge in [0, 0.05) is 37.0 Å². The van der Waals surface area contributed by atoms with Crippen LogP contribution in [0.3, 0.4) is 0 Å². The van der Waals surface area contributed by atoms with Crippen LogP contribution in [0.4, 0.5) is 13.2 Å². The predicted octanol–water partition coefficient (Wildman–Crippen LogP) is 4.26. The van der Waals surface area contributed by atoms with Gasteiger partial charge < -0.3 is 10.1 Å². The molecule has 184 valence electrons. The van der Waals surface area contributed by atoms with Crippen molar-refractivity contribution in [3.05, 3.63) is 58.9 Å².